The number of pyridine rings is 5. The van der Waals surface area contributed by atoms with Gasteiger partial charge in [-0.1, -0.05) is 100.0 Å². The third-order valence-electron chi connectivity index (χ3n) is 17.7. The minimum atomic E-state index is -1.45. The van der Waals surface area contributed by atoms with Crippen LogP contribution in [0.15, 0.2) is 335 Å². The Morgan fingerprint density at radius 1 is 0.504 bits per heavy atom. The van der Waals surface area contributed by atoms with Gasteiger partial charge in [0.15, 0.2) is 22.9 Å². The molecule has 7 aromatic carbocycles. The molecule has 11 N–H and O–H groups in total. The summed E-state index contributed by atoms with van der Waals surface area (Å²) < 4.78 is 47.7. The second-order valence-electron chi connectivity index (χ2n) is 29.2. The van der Waals surface area contributed by atoms with Crippen LogP contribution in [-0.4, -0.2) is 169 Å². The number of aliphatic carboxylic acids is 3. The number of hydrogen-bond acceptors (Lipinski definition) is 27. The van der Waals surface area contributed by atoms with E-state index in [0.717, 1.165) is 40.8 Å². The molecule has 0 bridgehead atoms. The van der Waals surface area contributed by atoms with Gasteiger partial charge in [0, 0.05) is 139 Å². The fourth-order valence-electron chi connectivity index (χ4n) is 11.5. The molecular weight excluding hydrogens is 1940 g/mol. The molecule has 1 aliphatic rings. The molecule has 1 amide bonds. The Morgan fingerprint density at radius 3 is 1.21 bits per heavy atom. The van der Waals surface area contributed by atoms with Crippen LogP contribution in [0.2, 0.25) is 0 Å². The van der Waals surface area contributed by atoms with Crippen LogP contribution >= 0.6 is 31.9 Å². The molecule has 40 heteroatoms. The Bertz CT molecular complexity index is 6590. The van der Waals surface area contributed by atoms with E-state index in [4.69, 9.17) is 75.2 Å². The second-order valence-corrected chi connectivity index (χ2v) is 31.0. The summed E-state index contributed by atoms with van der Waals surface area (Å²) in [7, 11) is 3.99. The molecular formula is C97H98BBr2CuFN18O17. The number of halogens is 3. The van der Waals surface area contributed by atoms with E-state index in [1.165, 1.54) is 67.0 Å². The van der Waals surface area contributed by atoms with Crippen molar-refractivity contribution in [2.24, 2.45) is 0 Å². The van der Waals surface area contributed by atoms with Crippen molar-refractivity contribution in [1.82, 2.24) is 68.0 Å². The summed E-state index contributed by atoms with van der Waals surface area (Å²) in [6.07, 6.45) is 15.6. The summed E-state index contributed by atoms with van der Waals surface area (Å²) in [6, 6.07) is 76.4. The van der Waals surface area contributed by atoms with Crippen molar-refractivity contribution in [2.45, 2.75) is 66.5 Å². The molecule has 1 fully saturated rings. The number of carbonyl (C=O) groups excluding carboxylic acids is 1. The number of likely N-dealkylation sites (N-methyl/N-ethyl adjacent to an activating group) is 1. The summed E-state index contributed by atoms with van der Waals surface area (Å²) >= 11 is 6.59. The molecule has 137 heavy (non-hydrogen) atoms. The fourth-order valence-corrected chi connectivity index (χ4v) is 12.1. The number of carboxylic acid groups (broad SMARTS) is 3. The van der Waals surface area contributed by atoms with Gasteiger partial charge in [-0.3, -0.25) is 28.5 Å². The number of nitrogen functional groups attached to an aromatic ring is 2. The summed E-state index contributed by atoms with van der Waals surface area (Å²) in [5.41, 5.74) is 16.7. The molecule has 713 valence electrons. The molecule has 0 unspecified atom stereocenters. The van der Waals surface area contributed by atoms with E-state index in [9.17, 15) is 23.6 Å². The van der Waals surface area contributed by atoms with Gasteiger partial charge in [-0.25, -0.2) is 73.2 Å². The van der Waals surface area contributed by atoms with Crippen LogP contribution in [0.5, 0.6) is 52.3 Å². The number of ether oxygens (including phenoxy) is 5. The summed E-state index contributed by atoms with van der Waals surface area (Å²) in [6.45, 7) is 8.30. The van der Waals surface area contributed by atoms with Gasteiger partial charge in [0.1, 0.15) is 58.0 Å². The van der Waals surface area contributed by atoms with Crippen LogP contribution in [0.25, 0.3) is 45.1 Å². The zero-order chi connectivity index (χ0) is 97.5. The van der Waals surface area contributed by atoms with Crippen molar-refractivity contribution in [3.63, 3.8) is 0 Å². The van der Waals surface area contributed by atoms with E-state index in [1.807, 2.05) is 105 Å². The van der Waals surface area contributed by atoms with E-state index in [-0.39, 0.29) is 41.8 Å². The number of fused-ring (bicyclic) bond motifs is 2. The number of rotatable bonds is 19. The summed E-state index contributed by atoms with van der Waals surface area (Å²) in [5.74, 6) is 2.26. The molecule has 1 radical (unpaired) electrons. The molecule has 9 aromatic heterocycles. The van der Waals surface area contributed by atoms with Gasteiger partial charge in [0.2, 0.25) is 29.5 Å². The Labute approximate surface area is 814 Å². The quantitative estimate of drug-likeness (QED) is 0.0206. The van der Waals surface area contributed by atoms with Gasteiger partial charge in [0.25, 0.3) is 11.9 Å². The van der Waals surface area contributed by atoms with Crippen LogP contribution in [0.1, 0.15) is 54.9 Å². The van der Waals surface area contributed by atoms with Gasteiger partial charge >= 0.3 is 30.6 Å². The van der Waals surface area contributed by atoms with Gasteiger partial charge in [-0.2, -0.15) is 4.39 Å². The van der Waals surface area contributed by atoms with Crippen LogP contribution in [-0.2, 0) is 36.2 Å². The minimum absolute atomic E-state index is 0. The summed E-state index contributed by atoms with van der Waals surface area (Å²) in [4.78, 5) is 108. The number of phenols is 1. The van der Waals surface area contributed by atoms with Crippen LogP contribution in [0.3, 0.4) is 0 Å². The van der Waals surface area contributed by atoms with Crippen molar-refractivity contribution < 1.29 is 94.8 Å². The van der Waals surface area contributed by atoms with Crippen molar-refractivity contribution in [3.05, 3.63) is 353 Å². The van der Waals surface area contributed by atoms with E-state index >= 15 is 0 Å². The Hall–Kier alpha value is -15.8. The molecule has 0 spiro atoms. The minimum Gasteiger partial charge on any atom is -0.508 e. The number of nitrogens with zero attached hydrogens (tertiary/aromatic N) is 15. The maximum Gasteiger partial charge on any atom is 0.488 e. The van der Waals surface area contributed by atoms with Gasteiger partial charge in [0.05, 0.1) is 22.7 Å². The molecule has 17 rings (SSSR count). The monoisotopic (exact) mass is 2040 g/mol. The zero-order valence-electron chi connectivity index (χ0n) is 74.3. The molecule has 9 heterocycles. The number of phenolic OH excluding ortho intramolecular Hbond substituents is 1. The molecule has 0 aliphatic heterocycles. The first-order valence-electron chi connectivity index (χ1n) is 40.8. The first kappa shape index (κ1) is 108. The van der Waals surface area contributed by atoms with E-state index in [1.54, 1.807) is 222 Å². The van der Waals surface area contributed by atoms with Gasteiger partial charge < -0.3 is 70.9 Å². The van der Waals surface area contributed by atoms with Crippen molar-refractivity contribution >= 4 is 114 Å². The van der Waals surface area contributed by atoms with Crippen molar-refractivity contribution in [1.29, 1.82) is 0 Å². The van der Waals surface area contributed by atoms with Crippen molar-refractivity contribution in [2.75, 3.05) is 49.4 Å². The second kappa shape index (κ2) is 54.4. The van der Waals surface area contributed by atoms with Crippen LogP contribution in [0, 0.1) is 5.95 Å². The number of aromatic nitrogens is 13. The molecule has 0 atom stereocenters. The SMILES string of the molecule is Brc1ccc(Oc2ccccn2)cc1.C.CC(=O)O.CC(=O)O.CN(C(=O)OC(C)(C)C)c1cccc(-n2c(=O)n(-c3ccc(Oc4ccccn4)cc3)c3c(N)ncnc32)c1.CN(C/C=C/C(=O)O)C1CC1.CNc1cccc(-n2c(=O)n(-c3ccc(Oc4ccccn4)cc3)c3c(N)ncnc32)c1.Fc1ccccn1.OB(O)c1ccc(Oc2ccccn2)cc1.Oc1ccc(Br)cc1.[Cu]. The largest absolute Gasteiger partial charge is 0.508 e. The normalized spacial score (nSPS) is 10.7. The predicted molar refractivity (Wildman–Crippen MR) is 525 cm³/mol. The standard InChI is InChI=1S/C28H27N7O4.C23H19N7O2.C11H10BNO3.C11H8BrNO.C8H13NO2.C6H5BrO.C5H4FN.2C2H4O2.CH4.Cu/c1-28(2,3)39-27(37)33(4)19-8-7-9-20(16-19)35-25-23(24(29)31-17-32-25)34(26(35)36)18-11-13-21(14-12-18)38-22-10-5-6-15-30-22;1-25-15-5-4-6-17(13-15)30-22-20(21(24)27-14-28-22)29(23(30)31)16-8-10-18(11-9-16)32-19-7-2-3-12-26-19;14-12(15)9-4-6-10(7-5-9)16-11-3-1-2-8-13-11;12-9-4-6-10(7-5-9)14-11-3-1-2-8-13-11;1-9(7-4-5-7)6-2-3-8(10)11;7-5-1-3-6(8)4-2-5;6-5-3-1-2-4-7-5;2*1-2(3)4;;/h5-17H,1-4H3,(H2,29,31,32);2-14,25H,1H3,(H2,24,27,28);1-8,14-15H;1-8H;2-3,7H,4-6H2,1H3,(H,10,11);1-4,8H;1-4H;2*1H3,(H,3,4);1H4;/b;;;;3-2+;;;;;;. The number of nitrogens with two attached hydrogens (primary N) is 2. The molecule has 0 saturated heterocycles. The number of amides is 1. The number of hydrogen-bond donors (Lipinski definition) is 9. The van der Waals surface area contributed by atoms with E-state index < -0.39 is 48.4 Å². The number of carboxylic acids is 3. The number of aromatic hydroxyl groups is 1. The number of carbonyl (C=O) groups is 4. The van der Waals surface area contributed by atoms with Crippen LogP contribution < -0.4 is 57.5 Å². The van der Waals surface area contributed by atoms with E-state index in [0.29, 0.717) is 109 Å². The Balaban J connectivity index is 0.000000231. The molecule has 1 saturated carbocycles. The molecule has 35 nitrogen and oxygen atoms in total. The average Bonchev–Trinajstić information content (AvgIpc) is 1.59. The van der Waals surface area contributed by atoms with Gasteiger partial charge in [-0.05, 0) is 228 Å². The first-order valence-corrected chi connectivity index (χ1v) is 42.4. The maximum absolute atomic E-state index is 13.9. The van der Waals surface area contributed by atoms with Crippen LogP contribution in [0.4, 0.5) is 32.2 Å². The van der Waals surface area contributed by atoms with E-state index in [2.05, 4.69) is 86.9 Å². The Kier molecular flexibility index (Phi) is 42.9. The molecule has 16 aromatic rings. The Morgan fingerprint density at radius 2 is 0.876 bits per heavy atom. The smallest absolute Gasteiger partial charge is 0.488 e. The number of benzene rings is 7. The predicted octanol–water partition coefficient (Wildman–Crippen LogP) is 17.2. The number of imidazole rings is 2. The number of anilines is 4. The number of nitrogens with one attached hydrogen (secondary N) is 1. The zero-order valence-corrected chi connectivity index (χ0v) is 78.4. The maximum atomic E-state index is 13.9. The van der Waals surface area contributed by atoms with Gasteiger partial charge in [-0.15, -0.1) is 0 Å². The fraction of sp³-hybridized carbons (Fsp3) is 0.144. The first-order chi connectivity index (χ1) is 64.7. The third kappa shape index (κ3) is 35.3. The van der Waals surface area contributed by atoms with Crippen molar-refractivity contribution in [3.8, 4) is 75.0 Å². The molecule has 1 aliphatic carbocycles. The topological polar surface area (TPSA) is 476 Å². The summed E-state index contributed by atoms with van der Waals surface area (Å²) in [5, 5.41) is 52.7. The average molecular weight is 2040 g/mol. The third-order valence-corrected chi connectivity index (χ3v) is 18.8.